The number of carbonyl (C=O) groups excluding carboxylic acids is 1. The Hall–Kier alpha value is -4.15. The van der Waals surface area contributed by atoms with Gasteiger partial charge in [0.1, 0.15) is 0 Å². The quantitative estimate of drug-likeness (QED) is 0.318. The van der Waals surface area contributed by atoms with Crippen LogP contribution in [0.5, 0.6) is 17.2 Å². The van der Waals surface area contributed by atoms with Crippen LogP contribution in [0.2, 0.25) is 0 Å². The number of carbonyl (C=O) groups is 1. The smallest absolute Gasteiger partial charge is 0.253 e. The lowest BCUT2D eigenvalue weighted by atomic mass is 10.1. The van der Waals surface area contributed by atoms with E-state index in [1.807, 2.05) is 30.0 Å². The second-order valence-electron chi connectivity index (χ2n) is 10.5. The van der Waals surface area contributed by atoms with Crippen molar-refractivity contribution >= 4 is 26.6 Å². The second kappa shape index (κ2) is 12.4. The number of methoxy groups -OCH3 is 2. The minimum atomic E-state index is -3.64. The van der Waals surface area contributed by atoms with Crippen LogP contribution in [-0.4, -0.2) is 74.6 Å². The Labute approximate surface area is 246 Å². The summed E-state index contributed by atoms with van der Waals surface area (Å²) in [6.45, 7) is 5.02. The van der Waals surface area contributed by atoms with E-state index < -0.39 is 9.84 Å². The number of ether oxygens (including phenoxy) is 2. The number of aromatic nitrogens is 1. The Morgan fingerprint density at radius 3 is 2.48 bits per heavy atom. The SMILES string of the molecule is COc1cc(C)c(CN2CCCN(C(=O)c3ccc(CS(=O)(=O)c4cccc5cccnc45)cc3)CC2)c(O)c1OC. The Morgan fingerprint density at radius 1 is 0.976 bits per heavy atom. The summed E-state index contributed by atoms with van der Waals surface area (Å²) in [5.41, 5.74) is 3.26. The van der Waals surface area contributed by atoms with Crippen molar-refractivity contribution in [1.82, 2.24) is 14.8 Å². The lowest BCUT2D eigenvalue weighted by Gasteiger charge is -2.24. The summed E-state index contributed by atoms with van der Waals surface area (Å²) in [7, 11) is -0.603. The number of hydrogen-bond donors (Lipinski definition) is 1. The molecule has 0 saturated carbocycles. The number of amides is 1. The highest BCUT2D eigenvalue weighted by Gasteiger charge is 2.24. The first-order valence-electron chi connectivity index (χ1n) is 13.8. The first-order valence-corrected chi connectivity index (χ1v) is 15.5. The molecule has 9 nitrogen and oxygen atoms in total. The number of sulfone groups is 1. The predicted molar refractivity (Wildman–Crippen MR) is 161 cm³/mol. The van der Waals surface area contributed by atoms with E-state index in [2.05, 4.69) is 9.88 Å². The van der Waals surface area contributed by atoms with E-state index in [-0.39, 0.29) is 22.3 Å². The maximum atomic E-state index is 13.4. The van der Waals surface area contributed by atoms with Crippen molar-refractivity contribution in [2.75, 3.05) is 40.4 Å². The largest absolute Gasteiger partial charge is 0.504 e. The van der Waals surface area contributed by atoms with Crippen LogP contribution in [0.4, 0.5) is 0 Å². The number of fused-ring (bicyclic) bond motifs is 1. The van der Waals surface area contributed by atoms with E-state index in [9.17, 15) is 18.3 Å². The molecule has 0 radical (unpaired) electrons. The van der Waals surface area contributed by atoms with Gasteiger partial charge in [-0.3, -0.25) is 14.7 Å². The van der Waals surface area contributed by atoms with Gasteiger partial charge in [-0.2, -0.15) is 0 Å². The lowest BCUT2D eigenvalue weighted by molar-refractivity contribution is 0.0761. The van der Waals surface area contributed by atoms with Crippen LogP contribution in [0.1, 0.15) is 33.5 Å². The van der Waals surface area contributed by atoms with Gasteiger partial charge in [0.2, 0.25) is 5.75 Å². The van der Waals surface area contributed by atoms with Gasteiger partial charge in [0.05, 0.1) is 30.4 Å². The Morgan fingerprint density at radius 2 is 1.74 bits per heavy atom. The molecule has 1 aliphatic heterocycles. The fourth-order valence-electron chi connectivity index (χ4n) is 5.44. The molecule has 1 fully saturated rings. The van der Waals surface area contributed by atoms with Gasteiger partial charge in [0.15, 0.2) is 21.3 Å². The zero-order valence-corrected chi connectivity index (χ0v) is 24.9. The summed E-state index contributed by atoms with van der Waals surface area (Å²) >= 11 is 0. The van der Waals surface area contributed by atoms with Crippen LogP contribution in [0.15, 0.2) is 71.8 Å². The van der Waals surface area contributed by atoms with Crippen LogP contribution >= 0.6 is 0 Å². The molecule has 1 aliphatic rings. The molecule has 1 saturated heterocycles. The number of rotatable bonds is 8. The number of phenols is 1. The number of hydrogen-bond acceptors (Lipinski definition) is 8. The third kappa shape index (κ3) is 6.05. The van der Waals surface area contributed by atoms with Crippen LogP contribution in [0.3, 0.4) is 0 Å². The van der Waals surface area contributed by atoms with Crippen molar-refractivity contribution in [3.05, 3.63) is 89.1 Å². The van der Waals surface area contributed by atoms with Crippen molar-refractivity contribution in [3.63, 3.8) is 0 Å². The highest BCUT2D eigenvalue weighted by atomic mass is 32.2. The first kappa shape index (κ1) is 29.3. The number of nitrogens with zero attached hydrogens (tertiary/aromatic N) is 3. The summed E-state index contributed by atoms with van der Waals surface area (Å²) in [6.07, 6.45) is 2.37. The fourth-order valence-corrected chi connectivity index (χ4v) is 6.98. The summed E-state index contributed by atoms with van der Waals surface area (Å²) in [5, 5.41) is 11.6. The molecular formula is C32H35N3O6S. The van der Waals surface area contributed by atoms with Gasteiger partial charge in [-0.25, -0.2) is 8.42 Å². The molecule has 1 amide bonds. The molecule has 1 aromatic heterocycles. The zero-order chi connectivity index (χ0) is 29.9. The third-order valence-electron chi connectivity index (χ3n) is 7.72. The molecule has 0 unspecified atom stereocenters. The lowest BCUT2D eigenvalue weighted by Crippen LogP contribution is -2.35. The average Bonchev–Trinajstić information content (AvgIpc) is 3.24. The number of benzene rings is 3. The molecule has 2 heterocycles. The molecule has 10 heteroatoms. The predicted octanol–water partition coefficient (Wildman–Crippen LogP) is 4.59. The van der Waals surface area contributed by atoms with Gasteiger partial charge in [-0.05, 0) is 54.8 Å². The molecule has 5 rings (SSSR count). The van der Waals surface area contributed by atoms with Gasteiger partial charge >= 0.3 is 0 Å². The topological polar surface area (TPSA) is 109 Å². The van der Waals surface area contributed by atoms with Crippen molar-refractivity contribution < 1.29 is 27.8 Å². The molecule has 0 atom stereocenters. The normalized spacial score (nSPS) is 14.5. The molecule has 4 aromatic rings. The molecule has 220 valence electrons. The highest BCUT2D eigenvalue weighted by molar-refractivity contribution is 7.90. The van der Waals surface area contributed by atoms with Crippen LogP contribution in [0.25, 0.3) is 10.9 Å². The Balaban J connectivity index is 1.24. The average molecular weight is 590 g/mol. The van der Waals surface area contributed by atoms with Gasteiger partial charge in [-0.15, -0.1) is 0 Å². The van der Waals surface area contributed by atoms with E-state index in [4.69, 9.17) is 9.47 Å². The summed E-state index contributed by atoms with van der Waals surface area (Å²) in [5.74, 6) is 0.603. The Kier molecular flexibility index (Phi) is 8.65. The van der Waals surface area contributed by atoms with Crippen molar-refractivity contribution in [3.8, 4) is 17.2 Å². The molecule has 0 spiro atoms. The first-order chi connectivity index (χ1) is 20.2. The molecule has 0 aliphatic carbocycles. The van der Waals surface area contributed by atoms with E-state index in [1.165, 1.54) is 14.2 Å². The van der Waals surface area contributed by atoms with E-state index in [0.717, 1.165) is 29.5 Å². The van der Waals surface area contributed by atoms with Crippen molar-refractivity contribution in [2.45, 2.75) is 30.5 Å². The Bertz CT molecular complexity index is 1700. The van der Waals surface area contributed by atoms with E-state index in [0.29, 0.717) is 54.3 Å². The van der Waals surface area contributed by atoms with Gasteiger partial charge in [0.25, 0.3) is 5.91 Å². The number of aromatic hydroxyl groups is 1. The minimum Gasteiger partial charge on any atom is -0.504 e. The van der Waals surface area contributed by atoms with Crippen LogP contribution in [0, 0.1) is 6.92 Å². The zero-order valence-electron chi connectivity index (χ0n) is 24.0. The van der Waals surface area contributed by atoms with Crippen LogP contribution in [-0.2, 0) is 22.1 Å². The number of aryl methyl sites for hydroxylation is 1. The van der Waals surface area contributed by atoms with Gasteiger partial charge in [-0.1, -0.05) is 30.3 Å². The summed E-state index contributed by atoms with van der Waals surface area (Å²) < 4.78 is 37.2. The monoisotopic (exact) mass is 589 g/mol. The molecular weight excluding hydrogens is 554 g/mol. The van der Waals surface area contributed by atoms with Crippen molar-refractivity contribution in [2.24, 2.45) is 0 Å². The highest BCUT2D eigenvalue weighted by Crippen LogP contribution is 2.41. The maximum Gasteiger partial charge on any atom is 0.253 e. The fraction of sp³-hybridized carbons (Fsp3) is 0.312. The molecule has 3 aromatic carbocycles. The molecule has 1 N–H and O–H groups in total. The third-order valence-corrected chi connectivity index (χ3v) is 9.43. The van der Waals surface area contributed by atoms with Gasteiger partial charge < -0.3 is 19.5 Å². The van der Waals surface area contributed by atoms with E-state index in [1.54, 1.807) is 48.7 Å². The summed E-state index contributed by atoms with van der Waals surface area (Å²) in [6, 6.07) is 17.4. The maximum absolute atomic E-state index is 13.4. The molecule has 42 heavy (non-hydrogen) atoms. The number of para-hydroxylation sites is 1. The second-order valence-corrected chi connectivity index (χ2v) is 12.4. The minimum absolute atomic E-state index is 0.0744. The van der Waals surface area contributed by atoms with E-state index >= 15 is 0 Å². The summed E-state index contributed by atoms with van der Waals surface area (Å²) in [4.78, 5) is 21.9. The standard InChI is InChI=1S/C32H35N3O6S/c1-22-19-27(40-2)31(41-3)30(36)26(22)20-34-15-6-16-35(18-17-34)32(37)25-12-10-23(11-13-25)21-42(38,39)28-9-4-7-24-8-5-14-33-29(24)28/h4-5,7-14,19,36H,6,15-18,20-21H2,1-3H3. The number of pyridine rings is 1. The number of phenolic OH excluding ortho intramolecular Hbond substituents is 1. The van der Waals surface area contributed by atoms with Gasteiger partial charge in [0, 0.05) is 55.4 Å². The van der Waals surface area contributed by atoms with Crippen molar-refractivity contribution in [1.29, 1.82) is 0 Å². The van der Waals surface area contributed by atoms with Crippen LogP contribution < -0.4 is 9.47 Å². The molecule has 0 bridgehead atoms.